The monoisotopic (exact) mass is 398 g/mol. The van der Waals surface area contributed by atoms with Crippen LogP contribution in [0.1, 0.15) is 29.9 Å². The Balaban J connectivity index is 1.60. The van der Waals surface area contributed by atoms with Crippen molar-refractivity contribution in [1.29, 1.82) is 0 Å². The van der Waals surface area contributed by atoms with Gasteiger partial charge in [0.25, 0.3) is 0 Å². The van der Waals surface area contributed by atoms with Crippen molar-refractivity contribution < 1.29 is 22.4 Å². The van der Waals surface area contributed by atoms with Gasteiger partial charge in [-0.15, -0.1) is 0 Å². The lowest BCUT2D eigenvalue weighted by Gasteiger charge is -2.36. The first-order valence-electron chi connectivity index (χ1n) is 9.04. The minimum atomic E-state index is -4.54. The molecule has 5 nitrogen and oxygen atoms in total. The van der Waals surface area contributed by atoms with Crippen LogP contribution in [0.5, 0.6) is 0 Å². The number of aryl methyl sites for hydroxylation is 1. The molecular formula is C19H22F4N4O. The first kappa shape index (κ1) is 20.3. The largest absolute Gasteiger partial charge is 0.435 e. The lowest BCUT2D eigenvalue weighted by molar-refractivity contribution is -0.143. The second-order valence-electron chi connectivity index (χ2n) is 6.98. The molecule has 0 N–H and O–H groups in total. The van der Waals surface area contributed by atoms with E-state index in [4.69, 9.17) is 0 Å². The molecule has 0 spiro atoms. The van der Waals surface area contributed by atoms with Gasteiger partial charge in [-0.1, -0.05) is 18.2 Å². The molecule has 1 unspecified atom stereocenters. The van der Waals surface area contributed by atoms with Crippen molar-refractivity contribution in [3.05, 3.63) is 53.1 Å². The lowest BCUT2D eigenvalue weighted by atomic mass is 10.1. The number of nitrogens with zero attached hydrogens (tertiary/aromatic N) is 4. The highest BCUT2D eigenvalue weighted by atomic mass is 19.4. The van der Waals surface area contributed by atoms with E-state index in [0.717, 1.165) is 10.7 Å². The Morgan fingerprint density at radius 1 is 1.18 bits per heavy atom. The molecule has 9 heteroatoms. The number of carbonyl (C=O) groups is 1. The van der Waals surface area contributed by atoms with Crippen molar-refractivity contribution in [3.8, 4) is 0 Å². The van der Waals surface area contributed by atoms with Gasteiger partial charge in [0.1, 0.15) is 11.9 Å². The molecule has 152 valence electrons. The number of aromatic nitrogens is 2. The van der Waals surface area contributed by atoms with Crippen molar-refractivity contribution in [2.45, 2.75) is 32.6 Å². The normalized spacial score (nSPS) is 17.0. The molecule has 2 aromatic rings. The highest BCUT2D eigenvalue weighted by Crippen LogP contribution is 2.29. The quantitative estimate of drug-likeness (QED) is 0.743. The third-order valence-corrected chi connectivity index (χ3v) is 4.97. The molecule has 1 fully saturated rings. The van der Waals surface area contributed by atoms with Crippen LogP contribution in [-0.4, -0.2) is 51.7 Å². The van der Waals surface area contributed by atoms with Gasteiger partial charge in [-0.3, -0.25) is 14.4 Å². The van der Waals surface area contributed by atoms with E-state index in [0.29, 0.717) is 38.3 Å². The second kappa shape index (κ2) is 7.90. The summed E-state index contributed by atoms with van der Waals surface area (Å²) in [4.78, 5) is 16.4. The van der Waals surface area contributed by atoms with Crippen molar-refractivity contribution in [2.75, 3.05) is 26.2 Å². The third kappa shape index (κ3) is 4.35. The average Bonchev–Trinajstić information content (AvgIpc) is 3.05. The summed E-state index contributed by atoms with van der Waals surface area (Å²) in [5.41, 5.74) is -0.117. The standard InChI is InChI=1S/C19H22F4N4O/c1-13-11-17(19(21,22)23)24-27(13)14(2)18(28)26-9-7-25(8-10-26)12-15-5-3-4-6-16(15)20/h3-6,11,14H,7-10,12H2,1-2H3. The Bertz CT molecular complexity index is 841. The van der Waals surface area contributed by atoms with E-state index in [-0.39, 0.29) is 17.4 Å². The van der Waals surface area contributed by atoms with Crippen molar-refractivity contribution >= 4 is 5.91 Å². The second-order valence-corrected chi connectivity index (χ2v) is 6.98. The Labute approximate surface area is 160 Å². The fraction of sp³-hybridized carbons (Fsp3) is 0.474. The summed E-state index contributed by atoms with van der Waals surface area (Å²) in [6, 6.07) is 6.68. The number of benzene rings is 1. The molecular weight excluding hydrogens is 376 g/mol. The Morgan fingerprint density at radius 2 is 1.82 bits per heavy atom. The summed E-state index contributed by atoms with van der Waals surface area (Å²) < 4.78 is 53.4. The van der Waals surface area contributed by atoms with E-state index in [1.54, 1.807) is 30.0 Å². The molecule has 0 aliphatic carbocycles. The van der Waals surface area contributed by atoms with Crippen molar-refractivity contribution in [2.24, 2.45) is 0 Å². The Hall–Kier alpha value is -2.42. The van der Waals surface area contributed by atoms with Gasteiger partial charge in [-0.05, 0) is 26.0 Å². The zero-order valence-corrected chi connectivity index (χ0v) is 15.7. The van der Waals surface area contributed by atoms with Gasteiger partial charge in [0.2, 0.25) is 5.91 Å². The van der Waals surface area contributed by atoms with Crippen LogP contribution in [0, 0.1) is 12.7 Å². The highest BCUT2D eigenvalue weighted by molar-refractivity contribution is 5.80. The number of rotatable bonds is 4. The van der Waals surface area contributed by atoms with E-state index in [1.165, 1.54) is 13.0 Å². The molecule has 28 heavy (non-hydrogen) atoms. The summed E-state index contributed by atoms with van der Waals surface area (Å²) in [6.07, 6.45) is -4.54. The topological polar surface area (TPSA) is 41.4 Å². The number of amides is 1. The predicted octanol–water partition coefficient (Wildman–Crippen LogP) is 3.25. The lowest BCUT2D eigenvalue weighted by Crippen LogP contribution is -2.50. The first-order chi connectivity index (χ1) is 13.2. The van der Waals surface area contributed by atoms with Crippen LogP contribution in [0.2, 0.25) is 0 Å². The summed E-state index contributed by atoms with van der Waals surface area (Å²) in [5.74, 6) is -0.533. The fourth-order valence-electron chi connectivity index (χ4n) is 3.38. The maximum absolute atomic E-state index is 13.8. The maximum Gasteiger partial charge on any atom is 0.435 e. The van der Waals surface area contributed by atoms with Gasteiger partial charge in [0, 0.05) is 44.0 Å². The van der Waals surface area contributed by atoms with E-state index in [2.05, 4.69) is 5.10 Å². The zero-order valence-electron chi connectivity index (χ0n) is 15.7. The molecule has 1 amide bonds. The molecule has 1 aromatic carbocycles. The molecule has 0 saturated carbocycles. The van der Waals surface area contributed by atoms with Gasteiger partial charge in [-0.2, -0.15) is 18.3 Å². The summed E-state index contributed by atoms with van der Waals surface area (Å²) in [7, 11) is 0. The van der Waals surface area contributed by atoms with Crippen molar-refractivity contribution in [1.82, 2.24) is 19.6 Å². The Morgan fingerprint density at radius 3 is 2.39 bits per heavy atom. The fourth-order valence-corrected chi connectivity index (χ4v) is 3.38. The average molecular weight is 398 g/mol. The van der Waals surface area contributed by atoms with Crippen molar-refractivity contribution in [3.63, 3.8) is 0 Å². The molecule has 1 aliphatic heterocycles. The molecule has 0 bridgehead atoms. The highest BCUT2D eigenvalue weighted by Gasteiger charge is 2.36. The van der Waals surface area contributed by atoms with E-state index in [1.807, 2.05) is 4.90 Å². The number of alkyl halides is 3. The maximum atomic E-state index is 13.8. The summed E-state index contributed by atoms with van der Waals surface area (Å²) in [5, 5.41) is 3.57. The smallest absolute Gasteiger partial charge is 0.338 e. The van der Waals surface area contributed by atoms with Crippen LogP contribution in [0.25, 0.3) is 0 Å². The Kier molecular flexibility index (Phi) is 5.74. The molecule has 2 heterocycles. The van der Waals surface area contributed by atoms with Gasteiger partial charge < -0.3 is 4.90 Å². The number of piperazine rings is 1. The number of halogens is 4. The van der Waals surface area contributed by atoms with Crippen LogP contribution >= 0.6 is 0 Å². The minimum absolute atomic E-state index is 0.260. The molecule has 1 aromatic heterocycles. The van der Waals surface area contributed by atoms with Gasteiger partial charge in [0.05, 0.1) is 0 Å². The number of carbonyl (C=O) groups excluding carboxylic acids is 1. The van der Waals surface area contributed by atoms with E-state index in [9.17, 15) is 22.4 Å². The van der Waals surface area contributed by atoms with Gasteiger partial charge >= 0.3 is 6.18 Å². The van der Waals surface area contributed by atoms with E-state index >= 15 is 0 Å². The minimum Gasteiger partial charge on any atom is -0.338 e. The molecule has 1 aliphatic rings. The van der Waals surface area contributed by atoms with E-state index < -0.39 is 17.9 Å². The van der Waals surface area contributed by atoms with Crippen LogP contribution in [0.15, 0.2) is 30.3 Å². The summed E-state index contributed by atoms with van der Waals surface area (Å²) in [6.45, 7) is 5.51. The van der Waals surface area contributed by atoms with Crippen LogP contribution in [0.4, 0.5) is 17.6 Å². The molecule has 3 rings (SSSR count). The first-order valence-corrected chi connectivity index (χ1v) is 9.04. The molecule has 1 atom stereocenters. The van der Waals surface area contributed by atoms with Gasteiger partial charge in [0.15, 0.2) is 5.69 Å². The summed E-state index contributed by atoms with van der Waals surface area (Å²) >= 11 is 0. The number of hydrogen-bond acceptors (Lipinski definition) is 3. The van der Waals surface area contributed by atoms with Crippen LogP contribution in [0.3, 0.4) is 0 Å². The van der Waals surface area contributed by atoms with Gasteiger partial charge in [-0.25, -0.2) is 4.39 Å². The third-order valence-electron chi connectivity index (χ3n) is 4.97. The van der Waals surface area contributed by atoms with Crippen LogP contribution in [-0.2, 0) is 17.5 Å². The zero-order chi connectivity index (χ0) is 20.5. The molecule has 1 saturated heterocycles. The van der Waals surface area contributed by atoms with Crippen LogP contribution < -0.4 is 0 Å². The SMILES string of the molecule is Cc1cc(C(F)(F)F)nn1C(C)C(=O)N1CCN(Cc2ccccc2F)CC1. The number of hydrogen-bond donors (Lipinski definition) is 0. The molecule has 0 radical (unpaired) electrons. The predicted molar refractivity (Wildman–Crippen MR) is 94.9 cm³/mol.